The fourth-order valence-corrected chi connectivity index (χ4v) is 2.42. The molecule has 1 aromatic carbocycles. The zero-order valence-electron chi connectivity index (χ0n) is 13.6. The molecule has 0 saturated carbocycles. The molecule has 1 N–H and O–H groups in total. The molecular formula is C16H22BClO4. The molecule has 0 amide bonds. The van der Waals surface area contributed by atoms with E-state index in [1.165, 1.54) is 0 Å². The maximum Gasteiger partial charge on any atom is 0.492 e. The van der Waals surface area contributed by atoms with Crippen molar-refractivity contribution < 1.29 is 19.2 Å². The minimum absolute atomic E-state index is 0.161. The molecule has 22 heavy (non-hydrogen) atoms. The van der Waals surface area contributed by atoms with Crippen LogP contribution in [0.4, 0.5) is 0 Å². The summed E-state index contributed by atoms with van der Waals surface area (Å²) in [4.78, 5) is 0. The monoisotopic (exact) mass is 324 g/mol. The molecule has 1 heterocycles. The molecule has 1 fully saturated rings. The number of ether oxygens (including phenoxy) is 1. The summed E-state index contributed by atoms with van der Waals surface area (Å²) in [6.45, 7) is 7.75. The van der Waals surface area contributed by atoms with Gasteiger partial charge >= 0.3 is 7.12 Å². The maximum atomic E-state index is 9.69. The van der Waals surface area contributed by atoms with Crippen LogP contribution in [0, 0.1) is 0 Å². The van der Waals surface area contributed by atoms with Crippen LogP contribution >= 0.6 is 11.6 Å². The summed E-state index contributed by atoms with van der Waals surface area (Å²) < 4.78 is 17.1. The van der Waals surface area contributed by atoms with Crippen molar-refractivity contribution in [1.29, 1.82) is 0 Å². The summed E-state index contributed by atoms with van der Waals surface area (Å²) in [6.07, 6.45) is 1.82. The lowest BCUT2D eigenvalue weighted by Crippen LogP contribution is -2.41. The van der Waals surface area contributed by atoms with Gasteiger partial charge in [0.25, 0.3) is 0 Å². The van der Waals surface area contributed by atoms with Gasteiger partial charge in [-0.05, 0) is 56.9 Å². The molecule has 2 rings (SSSR count). The van der Waals surface area contributed by atoms with E-state index in [0.717, 1.165) is 5.56 Å². The van der Waals surface area contributed by atoms with Crippen molar-refractivity contribution >= 4 is 24.8 Å². The number of rotatable bonds is 4. The van der Waals surface area contributed by atoms with Crippen molar-refractivity contribution in [3.05, 3.63) is 34.3 Å². The summed E-state index contributed by atoms with van der Waals surface area (Å²) in [5.74, 6) is 0.657. The van der Waals surface area contributed by atoms with E-state index >= 15 is 0 Å². The number of aliphatic hydroxyl groups excluding tert-OH is 1. The van der Waals surface area contributed by atoms with E-state index in [9.17, 15) is 5.11 Å². The topological polar surface area (TPSA) is 47.9 Å². The lowest BCUT2D eigenvalue weighted by molar-refractivity contribution is 0.00578. The average molecular weight is 325 g/mol. The van der Waals surface area contributed by atoms with Crippen molar-refractivity contribution in [2.45, 2.75) is 38.9 Å². The third-order valence-electron chi connectivity index (χ3n) is 4.22. The third-order valence-corrected chi connectivity index (χ3v) is 4.44. The van der Waals surface area contributed by atoms with Crippen LogP contribution in [0.5, 0.6) is 5.75 Å². The number of hydrogen-bond donors (Lipinski definition) is 1. The Balaban J connectivity index is 2.31. The van der Waals surface area contributed by atoms with Crippen LogP contribution in [0.25, 0.3) is 6.08 Å². The third kappa shape index (κ3) is 3.49. The largest absolute Gasteiger partial charge is 0.497 e. The van der Waals surface area contributed by atoms with E-state index in [1.54, 1.807) is 19.2 Å². The van der Waals surface area contributed by atoms with E-state index in [-0.39, 0.29) is 6.61 Å². The molecule has 0 aliphatic carbocycles. The molecule has 1 saturated heterocycles. The Morgan fingerprint density at radius 2 is 1.82 bits per heavy atom. The van der Waals surface area contributed by atoms with Gasteiger partial charge in [-0.3, -0.25) is 0 Å². The second kappa shape index (κ2) is 6.24. The molecule has 1 aliphatic heterocycles. The van der Waals surface area contributed by atoms with E-state index in [2.05, 4.69) is 0 Å². The molecule has 0 radical (unpaired) electrons. The average Bonchev–Trinajstić information content (AvgIpc) is 2.64. The quantitative estimate of drug-likeness (QED) is 0.863. The molecule has 0 aromatic heterocycles. The first-order valence-electron chi connectivity index (χ1n) is 7.20. The molecule has 0 bridgehead atoms. The van der Waals surface area contributed by atoms with Gasteiger partial charge in [-0.15, -0.1) is 0 Å². The number of halogens is 1. The first kappa shape index (κ1) is 17.4. The van der Waals surface area contributed by atoms with E-state index in [0.29, 0.717) is 16.2 Å². The van der Waals surface area contributed by atoms with Crippen LogP contribution in [-0.4, -0.2) is 37.1 Å². The van der Waals surface area contributed by atoms with Gasteiger partial charge < -0.3 is 19.2 Å². The number of hydrogen-bond acceptors (Lipinski definition) is 4. The molecule has 0 spiro atoms. The maximum absolute atomic E-state index is 9.69. The zero-order chi connectivity index (χ0) is 16.5. The Hall–Kier alpha value is -1.01. The van der Waals surface area contributed by atoms with Gasteiger partial charge in [0.15, 0.2) is 0 Å². The van der Waals surface area contributed by atoms with E-state index < -0.39 is 18.3 Å². The van der Waals surface area contributed by atoms with Crippen LogP contribution < -0.4 is 4.74 Å². The second-order valence-corrected chi connectivity index (χ2v) is 6.83. The van der Waals surface area contributed by atoms with Crippen LogP contribution in [0.15, 0.2) is 23.7 Å². The van der Waals surface area contributed by atoms with Gasteiger partial charge in [-0.2, -0.15) is 0 Å². The summed E-state index contributed by atoms with van der Waals surface area (Å²) in [5.41, 5.74) is 0.571. The van der Waals surface area contributed by atoms with Crippen LogP contribution in [0.2, 0.25) is 5.02 Å². The van der Waals surface area contributed by atoms with Crippen molar-refractivity contribution in [2.24, 2.45) is 0 Å². The predicted molar refractivity (Wildman–Crippen MR) is 89.1 cm³/mol. The van der Waals surface area contributed by atoms with Crippen molar-refractivity contribution in [1.82, 2.24) is 0 Å². The minimum Gasteiger partial charge on any atom is -0.497 e. The van der Waals surface area contributed by atoms with Gasteiger partial charge in [-0.1, -0.05) is 17.7 Å². The standard InChI is InChI=1S/C16H22BClO4/c1-15(2)16(3,4)22-17(21-15)12(10-19)6-11-7-13(18)9-14(8-11)20-5/h6-9,19H,10H2,1-5H3. The van der Waals surface area contributed by atoms with Crippen LogP contribution in [-0.2, 0) is 9.31 Å². The molecule has 0 atom stereocenters. The Labute approximate surface area is 137 Å². The highest BCUT2D eigenvalue weighted by Crippen LogP contribution is 2.38. The van der Waals surface area contributed by atoms with Gasteiger partial charge in [0.2, 0.25) is 0 Å². The lowest BCUT2D eigenvalue weighted by Gasteiger charge is -2.32. The fourth-order valence-electron chi connectivity index (χ4n) is 2.18. The van der Waals surface area contributed by atoms with Crippen molar-refractivity contribution in [2.75, 3.05) is 13.7 Å². The Morgan fingerprint density at radius 1 is 1.23 bits per heavy atom. The van der Waals surface area contributed by atoms with Crippen molar-refractivity contribution in [3.63, 3.8) is 0 Å². The molecule has 120 valence electrons. The van der Waals surface area contributed by atoms with Gasteiger partial charge in [0.1, 0.15) is 5.75 Å². The number of aliphatic hydroxyl groups is 1. The normalized spacial score (nSPS) is 20.3. The number of methoxy groups -OCH3 is 1. The number of benzene rings is 1. The molecule has 0 unspecified atom stereocenters. The van der Waals surface area contributed by atoms with Gasteiger partial charge in [0.05, 0.1) is 24.9 Å². The Bertz CT molecular complexity index is 568. The van der Waals surface area contributed by atoms with E-state index in [4.69, 9.17) is 25.6 Å². The van der Waals surface area contributed by atoms with Gasteiger partial charge in [-0.25, -0.2) is 0 Å². The zero-order valence-corrected chi connectivity index (χ0v) is 14.4. The predicted octanol–water partition coefficient (Wildman–Crippen LogP) is 3.36. The van der Waals surface area contributed by atoms with Gasteiger partial charge in [0, 0.05) is 5.02 Å². The van der Waals surface area contributed by atoms with Crippen LogP contribution in [0.1, 0.15) is 33.3 Å². The minimum atomic E-state index is -0.583. The molecule has 4 nitrogen and oxygen atoms in total. The summed E-state index contributed by atoms with van der Waals surface area (Å²) >= 11 is 6.07. The highest BCUT2D eigenvalue weighted by atomic mass is 35.5. The molecular weight excluding hydrogens is 302 g/mol. The smallest absolute Gasteiger partial charge is 0.492 e. The summed E-state index contributed by atoms with van der Waals surface area (Å²) in [7, 11) is 1.00. The summed E-state index contributed by atoms with van der Waals surface area (Å²) in [5, 5.41) is 10.3. The highest BCUT2D eigenvalue weighted by Gasteiger charge is 2.52. The first-order chi connectivity index (χ1) is 10.2. The highest BCUT2D eigenvalue weighted by molar-refractivity contribution is 6.55. The Morgan fingerprint density at radius 3 is 2.32 bits per heavy atom. The van der Waals surface area contributed by atoms with Crippen molar-refractivity contribution in [3.8, 4) is 5.75 Å². The van der Waals surface area contributed by atoms with E-state index in [1.807, 2.05) is 39.8 Å². The van der Waals surface area contributed by atoms with Crippen LogP contribution in [0.3, 0.4) is 0 Å². The second-order valence-electron chi connectivity index (χ2n) is 6.39. The molecule has 1 aromatic rings. The molecule has 6 heteroatoms. The summed E-state index contributed by atoms with van der Waals surface area (Å²) in [6, 6.07) is 5.37. The fraction of sp³-hybridized carbons (Fsp3) is 0.500. The first-order valence-corrected chi connectivity index (χ1v) is 7.58. The molecule has 1 aliphatic rings. The lowest BCUT2D eigenvalue weighted by atomic mass is 9.77. The SMILES string of the molecule is COc1cc(Cl)cc(C=C(CO)B2OC(C)(C)C(C)(C)O2)c1. The Kier molecular flexibility index (Phi) is 4.92.